The molecule has 0 bridgehead atoms. The van der Waals surface area contributed by atoms with E-state index in [0.29, 0.717) is 24.6 Å². The van der Waals surface area contributed by atoms with Crippen LogP contribution in [0.25, 0.3) is 11.3 Å². The smallest absolute Gasteiger partial charge is 0.410 e. The third kappa shape index (κ3) is 5.38. The fourth-order valence-electron chi connectivity index (χ4n) is 3.75. The van der Waals surface area contributed by atoms with Crippen molar-refractivity contribution < 1.29 is 19.1 Å². The zero-order chi connectivity index (χ0) is 21.9. The van der Waals surface area contributed by atoms with Crippen molar-refractivity contribution in [1.29, 1.82) is 0 Å². The van der Waals surface area contributed by atoms with Gasteiger partial charge in [0.2, 0.25) is 0 Å². The summed E-state index contributed by atoms with van der Waals surface area (Å²) in [6.45, 7) is 8.95. The van der Waals surface area contributed by atoms with E-state index < -0.39 is 5.60 Å². The van der Waals surface area contributed by atoms with Crippen LogP contribution in [-0.4, -0.2) is 47.7 Å². The van der Waals surface area contributed by atoms with Crippen LogP contribution >= 0.6 is 0 Å². The van der Waals surface area contributed by atoms with Gasteiger partial charge in [0.25, 0.3) is 0 Å². The summed E-state index contributed by atoms with van der Waals surface area (Å²) in [7, 11) is 1.38. The number of rotatable bonds is 3. The zero-order valence-electron chi connectivity index (χ0n) is 18.4. The quantitative estimate of drug-likeness (QED) is 0.669. The van der Waals surface area contributed by atoms with Crippen LogP contribution in [0.15, 0.2) is 36.5 Å². The fourth-order valence-corrected chi connectivity index (χ4v) is 3.75. The fraction of sp³-hybridized carbons (Fsp3) is 0.458. The van der Waals surface area contributed by atoms with Crippen LogP contribution in [-0.2, 0) is 9.47 Å². The van der Waals surface area contributed by atoms with Crippen molar-refractivity contribution in [3.63, 3.8) is 0 Å². The number of likely N-dealkylation sites (tertiary alicyclic amines) is 1. The molecule has 6 nitrogen and oxygen atoms in total. The van der Waals surface area contributed by atoms with Gasteiger partial charge in [-0.25, -0.2) is 9.59 Å². The Hall–Kier alpha value is -2.89. The van der Waals surface area contributed by atoms with E-state index in [9.17, 15) is 9.59 Å². The molecule has 1 aliphatic rings. The van der Waals surface area contributed by atoms with Gasteiger partial charge in [0.05, 0.1) is 18.4 Å². The summed E-state index contributed by atoms with van der Waals surface area (Å²) < 4.78 is 10.3. The van der Waals surface area contributed by atoms with Gasteiger partial charge >= 0.3 is 12.1 Å². The van der Waals surface area contributed by atoms with Crippen LogP contribution in [0.2, 0.25) is 0 Å². The van der Waals surface area contributed by atoms with Gasteiger partial charge in [0.1, 0.15) is 5.60 Å². The number of benzene rings is 1. The Morgan fingerprint density at radius 2 is 1.80 bits per heavy atom. The molecule has 0 N–H and O–H groups in total. The first-order valence-electron chi connectivity index (χ1n) is 10.3. The molecule has 1 aromatic carbocycles. The second kappa shape index (κ2) is 8.86. The van der Waals surface area contributed by atoms with Crippen LogP contribution < -0.4 is 0 Å². The van der Waals surface area contributed by atoms with Gasteiger partial charge in [-0.3, -0.25) is 4.98 Å². The van der Waals surface area contributed by atoms with Crippen LogP contribution in [0.3, 0.4) is 0 Å². The van der Waals surface area contributed by atoms with E-state index in [0.717, 1.165) is 29.7 Å². The van der Waals surface area contributed by atoms with Gasteiger partial charge in [-0.2, -0.15) is 0 Å². The van der Waals surface area contributed by atoms with Crippen molar-refractivity contribution in [3.05, 3.63) is 53.2 Å². The highest BCUT2D eigenvalue weighted by Gasteiger charge is 2.27. The lowest BCUT2D eigenvalue weighted by Gasteiger charge is -2.33. The first kappa shape index (κ1) is 21.8. The molecule has 2 heterocycles. The lowest BCUT2D eigenvalue weighted by Crippen LogP contribution is -2.41. The van der Waals surface area contributed by atoms with Gasteiger partial charge in [-0.05, 0) is 87.9 Å². The average Bonchev–Trinajstić information content (AvgIpc) is 2.71. The van der Waals surface area contributed by atoms with E-state index in [4.69, 9.17) is 9.47 Å². The summed E-state index contributed by atoms with van der Waals surface area (Å²) in [6, 6.07) is 9.77. The maximum atomic E-state index is 12.3. The van der Waals surface area contributed by atoms with E-state index in [1.165, 1.54) is 12.7 Å². The molecular weight excluding hydrogens is 380 g/mol. The normalized spacial score (nSPS) is 15.0. The van der Waals surface area contributed by atoms with Gasteiger partial charge < -0.3 is 14.4 Å². The second-order valence-corrected chi connectivity index (χ2v) is 8.80. The van der Waals surface area contributed by atoms with Gasteiger partial charge in [-0.15, -0.1) is 0 Å². The van der Waals surface area contributed by atoms with Gasteiger partial charge in [0.15, 0.2) is 0 Å². The van der Waals surface area contributed by atoms with E-state index in [1.54, 1.807) is 4.90 Å². The highest BCUT2D eigenvalue weighted by molar-refractivity contribution is 5.91. The van der Waals surface area contributed by atoms with Crippen molar-refractivity contribution in [3.8, 4) is 11.3 Å². The monoisotopic (exact) mass is 410 g/mol. The number of esters is 1. The van der Waals surface area contributed by atoms with Crippen LogP contribution in [0.1, 0.15) is 61.0 Å². The zero-order valence-corrected chi connectivity index (χ0v) is 18.4. The minimum absolute atomic E-state index is 0.244. The lowest BCUT2D eigenvalue weighted by atomic mass is 9.89. The number of aromatic nitrogens is 1. The number of amides is 1. The minimum Gasteiger partial charge on any atom is -0.465 e. The number of carbonyl (C=O) groups excluding carboxylic acids is 2. The molecule has 0 aliphatic carbocycles. The number of hydrogen-bond donors (Lipinski definition) is 0. The third-order valence-electron chi connectivity index (χ3n) is 5.20. The highest BCUT2D eigenvalue weighted by Crippen LogP contribution is 2.31. The number of piperidine rings is 1. The number of carbonyl (C=O) groups is 2. The largest absolute Gasteiger partial charge is 0.465 e. The SMILES string of the molecule is COC(=O)c1cc(C)cc(-c2cc(C3CCN(C(=O)OC(C)(C)C)CC3)ccn2)c1. The van der Waals surface area contributed by atoms with Gasteiger partial charge in [-0.1, -0.05) is 0 Å². The molecule has 0 radical (unpaired) electrons. The maximum absolute atomic E-state index is 12.3. The number of aryl methyl sites for hydroxylation is 1. The lowest BCUT2D eigenvalue weighted by molar-refractivity contribution is 0.0204. The minimum atomic E-state index is -0.481. The van der Waals surface area contributed by atoms with Crippen LogP contribution in [0.4, 0.5) is 4.79 Å². The molecule has 1 aromatic heterocycles. The summed E-state index contributed by atoms with van der Waals surface area (Å²) >= 11 is 0. The van der Waals surface area contributed by atoms with Crippen molar-refractivity contribution in [2.24, 2.45) is 0 Å². The van der Waals surface area contributed by atoms with E-state index in [2.05, 4.69) is 11.1 Å². The molecule has 1 saturated heterocycles. The molecule has 1 fully saturated rings. The number of ether oxygens (including phenoxy) is 2. The molecule has 1 amide bonds. The number of pyridine rings is 1. The van der Waals surface area contributed by atoms with Crippen LogP contribution in [0, 0.1) is 6.92 Å². The van der Waals surface area contributed by atoms with Crippen LogP contribution in [0.5, 0.6) is 0 Å². The standard InChI is InChI=1S/C24H30N2O4/c1-16-12-19(14-20(13-16)22(27)29-5)21-15-18(6-9-25-21)17-7-10-26(11-8-17)23(28)30-24(2,3)4/h6,9,12-15,17H,7-8,10-11H2,1-5H3. The number of methoxy groups -OCH3 is 1. The predicted molar refractivity (Wildman–Crippen MR) is 116 cm³/mol. The number of nitrogens with zero attached hydrogens (tertiary/aromatic N) is 2. The van der Waals surface area contributed by atoms with E-state index in [-0.39, 0.29) is 12.1 Å². The first-order valence-corrected chi connectivity index (χ1v) is 10.3. The summed E-state index contributed by atoms with van der Waals surface area (Å²) in [4.78, 5) is 30.5. The maximum Gasteiger partial charge on any atom is 0.410 e. The Morgan fingerprint density at radius 1 is 1.10 bits per heavy atom. The topological polar surface area (TPSA) is 68.7 Å². The molecule has 0 unspecified atom stereocenters. The number of hydrogen-bond acceptors (Lipinski definition) is 5. The molecule has 3 rings (SSSR count). The average molecular weight is 411 g/mol. The first-order chi connectivity index (χ1) is 14.2. The summed E-state index contributed by atoms with van der Waals surface area (Å²) in [5.41, 5.74) is 3.94. The van der Waals surface area contributed by atoms with Crippen molar-refractivity contribution in [1.82, 2.24) is 9.88 Å². The Bertz CT molecular complexity index is 925. The molecule has 2 aromatic rings. The Morgan fingerprint density at radius 3 is 2.43 bits per heavy atom. The molecular formula is C24H30N2O4. The molecule has 6 heteroatoms. The second-order valence-electron chi connectivity index (χ2n) is 8.80. The van der Waals surface area contributed by atoms with Crippen molar-refractivity contribution >= 4 is 12.1 Å². The Labute approximate surface area is 178 Å². The molecule has 0 saturated carbocycles. The molecule has 1 aliphatic heterocycles. The van der Waals surface area contributed by atoms with Crippen molar-refractivity contribution in [2.75, 3.05) is 20.2 Å². The van der Waals surface area contributed by atoms with Gasteiger partial charge in [0, 0.05) is 24.8 Å². The molecule has 160 valence electrons. The Balaban J connectivity index is 1.74. The summed E-state index contributed by atoms with van der Waals surface area (Å²) in [5, 5.41) is 0. The van der Waals surface area contributed by atoms with E-state index in [1.807, 2.05) is 58.2 Å². The summed E-state index contributed by atoms with van der Waals surface area (Å²) in [6.07, 6.45) is 3.32. The molecule has 30 heavy (non-hydrogen) atoms. The third-order valence-corrected chi connectivity index (χ3v) is 5.20. The predicted octanol–water partition coefficient (Wildman–Crippen LogP) is 4.96. The molecule has 0 atom stereocenters. The highest BCUT2D eigenvalue weighted by atomic mass is 16.6. The van der Waals surface area contributed by atoms with Crippen molar-refractivity contribution in [2.45, 2.75) is 52.1 Å². The summed E-state index contributed by atoms with van der Waals surface area (Å²) in [5.74, 6) is 0.000873. The molecule has 0 spiro atoms. The van der Waals surface area contributed by atoms with E-state index >= 15 is 0 Å². The Kier molecular flexibility index (Phi) is 6.44.